The van der Waals surface area contributed by atoms with E-state index in [1.807, 2.05) is 43.3 Å². The lowest BCUT2D eigenvalue weighted by atomic mass is 10.1. The fourth-order valence-electron chi connectivity index (χ4n) is 1.85. The number of hydrogen-bond donors (Lipinski definition) is 1. The summed E-state index contributed by atoms with van der Waals surface area (Å²) in [6, 6.07) is 15.1. The number of benzene rings is 2. The average molecular weight is 291 g/mol. The molecule has 1 atom stereocenters. The molecule has 2 nitrogen and oxygen atoms in total. The van der Waals surface area contributed by atoms with Crippen molar-refractivity contribution in [3.8, 4) is 6.07 Å². The molecule has 0 fully saturated rings. The first-order chi connectivity index (χ1) is 9.11. The molecule has 0 saturated carbocycles. The second-order valence-electron chi connectivity index (χ2n) is 4.19. The van der Waals surface area contributed by atoms with E-state index in [9.17, 15) is 0 Å². The first-order valence-electron chi connectivity index (χ1n) is 5.82. The van der Waals surface area contributed by atoms with Crippen LogP contribution in [-0.2, 0) is 0 Å². The van der Waals surface area contributed by atoms with E-state index in [1.54, 1.807) is 12.1 Å². The van der Waals surface area contributed by atoms with Crippen molar-refractivity contribution in [3.63, 3.8) is 0 Å². The van der Waals surface area contributed by atoms with Crippen LogP contribution in [0.3, 0.4) is 0 Å². The second kappa shape index (κ2) is 5.97. The molecule has 0 aliphatic heterocycles. The predicted molar refractivity (Wildman–Crippen MR) is 79.7 cm³/mol. The van der Waals surface area contributed by atoms with E-state index in [2.05, 4.69) is 5.32 Å². The average Bonchev–Trinajstić information content (AvgIpc) is 2.39. The van der Waals surface area contributed by atoms with Crippen LogP contribution >= 0.6 is 23.2 Å². The van der Waals surface area contributed by atoms with Crippen LogP contribution in [0.15, 0.2) is 42.5 Å². The van der Waals surface area contributed by atoms with E-state index in [-0.39, 0.29) is 6.04 Å². The van der Waals surface area contributed by atoms with Crippen LogP contribution in [0.5, 0.6) is 0 Å². The van der Waals surface area contributed by atoms with Crippen LogP contribution in [0.2, 0.25) is 10.0 Å². The van der Waals surface area contributed by atoms with Crippen molar-refractivity contribution in [1.29, 1.82) is 5.26 Å². The monoisotopic (exact) mass is 290 g/mol. The Balaban J connectivity index is 2.20. The quantitative estimate of drug-likeness (QED) is 0.860. The van der Waals surface area contributed by atoms with Crippen molar-refractivity contribution in [2.45, 2.75) is 13.0 Å². The van der Waals surface area contributed by atoms with Crippen molar-refractivity contribution < 1.29 is 0 Å². The number of rotatable bonds is 3. The van der Waals surface area contributed by atoms with Gasteiger partial charge in [-0.3, -0.25) is 0 Å². The maximum Gasteiger partial charge on any atom is 0.101 e. The van der Waals surface area contributed by atoms with Crippen molar-refractivity contribution in [1.82, 2.24) is 0 Å². The van der Waals surface area contributed by atoms with Gasteiger partial charge in [0.15, 0.2) is 0 Å². The highest BCUT2D eigenvalue weighted by molar-refractivity contribution is 6.32. The van der Waals surface area contributed by atoms with Gasteiger partial charge in [0.2, 0.25) is 0 Å². The molecule has 0 saturated heterocycles. The van der Waals surface area contributed by atoms with Gasteiger partial charge in [0.1, 0.15) is 6.07 Å². The van der Waals surface area contributed by atoms with Crippen molar-refractivity contribution in [2.24, 2.45) is 0 Å². The molecular weight excluding hydrogens is 279 g/mol. The molecule has 0 bridgehead atoms. The minimum Gasteiger partial charge on any atom is -0.378 e. The fraction of sp³-hybridized carbons (Fsp3) is 0.133. The van der Waals surface area contributed by atoms with Crippen LogP contribution in [-0.4, -0.2) is 0 Å². The van der Waals surface area contributed by atoms with Crippen LogP contribution in [0, 0.1) is 11.3 Å². The third kappa shape index (κ3) is 3.20. The van der Waals surface area contributed by atoms with Crippen molar-refractivity contribution >= 4 is 28.9 Å². The van der Waals surface area contributed by atoms with Gasteiger partial charge in [-0.05, 0) is 36.8 Å². The normalized spacial score (nSPS) is 11.7. The highest BCUT2D eigenvalue weighted by atomic mass is 35.5. The second-order valence-corrected chi connectivity index (χ2v) is 5.01. The SMILES string of the molecule is CC(Nc1ccc(C#N)c(Cl)c1)c1ccccc1Cl. The van der Waals surface area contributed by atoms with Crippen LogP contribution < -0.4 is 5.32 Å². The standard InChI is InChI=1S/C15H12Cl2N2/c1-10(13-4-2-3-5-14(13)16)19-12-7-6-11(9-18)15(17)8-12/h2-8,10,19H,1H3. The summed E-state index contributed by atoms with van der Waals surface area (Å²) in [6.45, 7) is 2.02. The highest BCUT2D eigenvalue weighted by Gasteiger charge is 2.09. The molecule has 0 aliphatic rings. The van der Waals surface area contributed by atoms with E-state index in [4.69, 9.17) is 28.5 Å². The van der Waals surface area contributed by atoms with E-state index in [0.717, 1.165) is 16.3 Å². The molecule has 19 heavy (non-hydrogen) atoms. The molecule has 2 rings (SSSR count). The summed E-state index contributed by atoms with van der Waals surface area (Å²) in [7, 11) is 0. The summed E-state index contributed by atoms with van der Waals surface area (Å²) in [5.41, 5.74) is 2.35. The van der Waals surface area contributed by atoms with Gasteiger partial charge in [0, 0.05) is 16.8 Å². The molecular formula is C15H12Cl2N2. The minimum atomic E-state index is 0.0534. The predicted octanol–water partition coefficient (Wildman–Crippen LogP) is 5.04. The van der Waals surface area contributed by atoms with Gasteiger partial charge in [0.05, 0.1) is 10.6 Å². The Morgan fingerprint density at radius 1 is 1.11 bits per heavy atom. The molecule has 0 spiro atoms. The molecule has 2 aromatic rings. The lowest BCUT2D eigenvalue weighted by Crippen LogP contribution is -2.07. The smallest absolute Gasteiger partial charge is 0.101 e. The van der Waals surface area contributed by atoms with Gasteiger partial charge in [-0.2, -0.15) is 5.26 Å². The van der Waals surface area contributed by atoms with Crippen LogP contribution in [0.4, 0.5) is 5.69 Å². The van der Waals surface area contributed by atoms with E-state index >= 15 is 0 Å². The summed E-state index contributed by atoms with van der Waals surface area (Å²) < 4.78 is 0. The zero-order valence-corrected chi connectivity index (χ0v) is 11.8. The molecule has 0 aliphatic carbocycles. The van der Waals surface area contributed by atoms with Crippen LogP contribution in [0.25, 0.3) is 0 Å². The summed E-state index contributed by atoms with van der Waals surface area (Å²) in [6.07, 6.45) is 0. The maximum atomic E-state index is 8.83. The number of anilines is 1. The fourth-order valence-corrected chi connectivity index (χ4v) is 2.37. The number of nitriles is 1. The number of nitrogens with one attached hydrogen (secondary N) is 1. The van der Waals surface area contributed by atoms with Gasteiger partial charge < -0.3 is 5.32 Å². The first-order valence-corrected chi connectivity index (χ1v) is 6.58. The molecule has 0 heterocycles. The Kier molecular flexibility index (Phi) is 4.31. The number of nitrogens with zero attached hydrogens (tertiary/aromatic N) is 1. The van der Waals surface area contributed by atoms with Crippen molar-refractivity contribution in [2.75, 3.05) is 5.32 Å². The van der Waals surface area contributed by atoms with Gasteiger partial charge in [0.25, 0.3) is 0 Å². The molecule has 4 heteroatoms. The molecule has 1 unspecified atom stereocenters. The molecule has 0 amide bonds. The molecule has 96 valence electrons. The Morgan fingerprint density at radius 3 is 2.47 bits per heavy atom. The molecule has 1 N–H and O–H groups in total. The molecule has 2 aromatic carbocycles. The van der Waals surface area contributed by atoms with Gasteiger partial charge >= 0.3 is 0 Å². The van der Waals surface area contributed by atoms with Gasteiger partial charge in [-0.1, -0.05) is 41.4 Å². The largest absolute Gasteiger partial charge is 0.378 e. The minimum absolute atomic E-state index is 0.0534. The summed E-state index contributed by atoms with van der Waals surface area (Å²) in [4.78, 5) is 0. The summed E-state index contributed by atoms with van der Waals surface area (Å²) in [5, 5.41) is 13.3. The molecule has 0 aromatic heterocycles. The first kappa shape index (κ1) is 13.7. The third-order valence-corrected chi connectivity index (χ3v) is 3.50. The zero-order valence-electron chi connectivity index (χ0n) is 10.3. The lowest BCUT2D eigenvalue weighted by molar-refractivity contribution is 0.885. The van der Waals surface area contributed by atoms with Gasteiger partial charge in [-0.25, -0.2) is 0 Å². The van der Waals surface area contributed by atoms with E-state index < -0.39 is 0 Å². The maximum absolute atomic E-state index is 8.83. The zero-order chi connectivity index (χ0) is 13.8. The number of hydrogen-bond acceptors (Lipinski definition) is 2. The topological polar surface area (TPSA) is 35.8 Å². The van der Waals surface area contributed by atoms with E-state index in [1.165, 1.54) is 0 Å². The summed E-state index contributed by atoms with van der Waals surface area (Å²) in [5.74, 6) is 0. The number of halogens is 2. The van der Waals surface area contributed by atoms with Crippen LogP contribution in [0.1, 0.15) is 24.1 Å². The van der Waals surface area contributed by atoms with Gasteiger partial charge in [-0.15, -0.1) is 0 Å². The highest BCUT2D eigenvalue weighted by Crippen LogP contribution is 2.27. The lowest BCUT2D eigenvalue weighted by Gasteiger charge is -2.17. The van der Waals surface area contributed by atoms with Crippen molar-refractivity contribution in [3.05, 3.63) is 63.6 Å². The Labute approximate surface area is 122 Å². The molecule has 0 radical (unpaired) electrons. The van der Waals surface area contributed by atoms with E-state index in [0.29, 0.717) is 10.6 Å². The third-order valence-electron chi connectivity index (χ3n) is 2.84. The Hall–Kier alpha value is -1.69. The Bertz CT molecular complexity index is 632. The summed E-state index contributed by atoms with van der Waals surface area (Å²) >= 11 is 12.2. The Morgan fingerprint density at radius 2 is 1.84 bits per heavy atom.